The molecule has 0 aliphatic carbocycles. The van der Waals surface area contributed by atoms with Crippen molar-refractivity contribution >= 4 is 12.4 Å². The Balaban J connectivity index is 0.000000891. The maximum absolute atomic E-state index is 11.8. The maximum atomic E-state index is 11.8. The molecular formula is C16H26N4O4. The smallest absolute Gasteiger partial charge is 0.290 e. The normalized spacial score (nSPS) is 17.0. The van der Waals surface area contributed by atoms with Crippen molar-refractivity contribution in [3.63, 3.8) is 0 Å². The molecule has 0 bridgehead atoms. The Labute approximate surface area is 142 Å². The fourth-order valence-corrected chi connectivity index (χ4v) is 2.55. The first kappa shape index (κ1) is 20.0. The topological polar surface area (TPSA) is 105 Å². The summed E-state index contributed by atoms with van der Waals surface area (Å²) in [6.07, 6.45) is 5.41. The highest BCUT2D eigenvalue weighted by atomic mass is 16.5. The zero-order valence-corrected chi connectivity index (χ0v) is 14.3. The Morgan fingerprint density at radius 2 is 2.17 bits per heavy atom. The van der Waals surface area contributed by atoms with Crippen LogP contribution >= 0.6 is 0 Å². The average Bonchev–Trinajstić information content (AvgIpc) is 3.04. The van der Waals surface area contributed by atoms with Gasteiger partial charge in [0.15, 0.2) is 0 Å². The van der Waals surface area contributed by atoms with Gasteiger partial charge in [0.1, 0.15) is 5.82 Å². The fourth-order valence-electron chi connectivity index (χ4n) is 2.55. The zero-order chi connectivity index (χ0) is 17.8. The molecule has 1 aromatic rings. The molecule has 1 aromatic heterocycles. The van der Waals surface area contributed by atoms with Crippen LogP contribution in [0.2, 0.25) is 0 Å². The molecule has 0 spiro atoms. The number of rotatable bonds is 7. The molecule has 8 heteroatoms. The highest BCUT2D eigenvalue weighted by Gasteiger charge is 2.27. The molecule has 24 heavy (non-hydrogen) atoms. The van der Waals surface area contributed by atoms with E-state index in [9.17, 15) is 4.79 Å². The van der Waals surface area contributed by atoms with Gasteiger partial charge in [-0.2, -0.15) is 0 Å². The Kier molecular flexibility index (Phi) is 9.55. The van der Waals surface area contributed by atoms with Gasteiger partial charge in [-0.05, 0) is 19.9 Å². The van der Waals surface area contributed by atoms with Gasteiger partial charge in [-0.3, -0.25) is 14.5 Å². The van der Waals surface area contributed by atoms with Crippen molar-refractivity contribution in [2.24, 2.45) is 5.92 Å². The molecular weight excluding hydrogens is 312 g/mol. The third-order valence-electron chi connectivity index (χ3n) is 3.69. The average molecular weight is 338 g/mol. The Hall–Kier alpha value is -2.06. The quantitative estimate of drug-likeness (QED) is 0.690. The van der Waals surface area contributed by atoms with E-state index < -0.39 is 0 Å². The molecule has 0 aromatic carbocycles. The summed E-state index contributed by atoms with van der Waals surface area (Å²) in [4.78, 5) is 31.1. The van der Waals surface area contributed by atoms with Crippen LogP contribution in [-0.2, 0) is 27.3 Å². The second-order valence-corrected chi connectivity index (χ2v) is 5.47. The molecule has 1 atom stereocenters. The van der Waals surface area contributed by atoms with Crippen LogP contribution in [0.5, 0.6) is 0 Å². The lowest BCUT2D eigenvalue weighted by Gasteiger charge is -2.15. The molecule has 8 nitrogen and oxygen atoms in total. The molecule has 1 unspecified atom stereocenters. The molecule has 134 valence electrons. The van der Waals surface area contributed by atoms with Crippen LogP contribution in [0.3, 0.4) is 0 Å². The molecule has 1 fully saturated rings. The number of ether oxygens (including phenoxy) is 1. The van der Waals surface area contributed by atoms with Crippen molar-refractivity contribution in [2.45, 2.75) is 26.3 Å². The molecule has 1 saturated heterocycles. The van der Waals surface area contributed by atoms with Gasteiger partial charge >= 0.3 is 0 Å². The van der Waals surface area contributed by atoms with Crippen molar-refractivity contribution in [3.8, 4) is 0 Å². The first-order valence-corrected chi connectivity index (χ1v) is 8.01. The van der Waals surface area contributed by atoms with E-state index in [1.165, 1.54) is 0 Å². The monoisotopic (exact) mass is 338 g/mol. The van der Waals surface area contributed by atoms with E-state index in [1.54, 1.807) is 7.11 Å². The minimum Gasteiger partial charge on any atom is -0.483 e. The number of nitrogens with one attached hydrogen (secondary N) is 1. The van der Waals surface area contributed by atoms with Gasteiger partial charge in [-0.15, -0.1) is 0 Å². The van der Waals surface area contributed by atoms with Crippen molar-refractivity contribution in [1.29, 1.82) is 0 Å². The van der Waals surface area contributed by atoms with Gasteiger partial charge in [-0.1, -0.05) is 0 Å². The Bertz CT molecular complexity index is 495. The molecule has 0 saturated carbocycles. The number of hydrogen-bond donors (Lipinski definition) is 2. The maximum Gasteiger partial charge on any atom is 0.290 e. The second-order valence-electron chi connectivity index (χ2n) is 5.47. The molecule has 1 aliphatic rings. The third-order valence-corrected chi connectivity index (χ3v) is 3.69. The summed E-state index contributed by atoms with van der Waals surface area (Å²) in [6, 6.07) is 0. The number of carbonyl (C=O) groups excluding carboxylic acids is 1. The van der Waals surface area contributed by atoms with Crippen LogP contribution in [-0.4, -0.2) is 65.7 Å². The number of carbonyl (C=O) groups is 2. The minimum atomic E-state index is -0.250. The van der Waals surface area contributed by atoms with E-state index in [-0.39, 0.29) is 18.3 Å². The highest BCUT2D eigenvalue weighted by molar-refractivity contribution is 5.79. The summed E-state index contributed by atoms with van der Waals surface area (Å²) in [5.41, 5.74) is 1.09. The number of aromatic nitrogens is 2. The van der Waals surface area contributed by atoms with E-state index in [2.05, 4.69) is 20.2 Å². The Morgan fingerprint density at radius 1 is 1.50 bits per heavy atom. The summed E-state index contributed by atoms with van der Waals surface area (Å²) < 4.78 is 5.01. The largest absolute Gasteiger partial charge is 0.483 e. The van der Waals surface area contributed by atoms with Crippen LogP contribution in [0.15, 0.2) is 12.4 Å². The number of carboxylic acid groups (broad SMARTS) is 1. The first-order chi connectivity index (χ1) is 11.6. The van der Waals surface area contributed by atoms with Crippen LogP contribution in [0.4, 0.5) is 0 Å². The molecule has 0 radical (unpaired) electrons. The predicted octanol–water partition coefficient (Wildman–Crippen LogP) is 0.324. The number of likely N-dealkylation sites (tertiary alicyclic amines) is 1. The van der Waals surface area contributed by atoms with Gasteiger partial charge in [0, 0.05) is 51.1 Å². The fraction of sp³-hybridized carbons (Fsp3) is 0.625. The van der Waals surface area contributed by atoms with Gasteiger partial charge in [0.05, 0.1) is 12.5 Å². The van der Waals surface area contributed by atoms with E-state index in [4.69, 9.17) is 14.6 Å². The molecule has 2 heterocycles. The zero-order valence-electron chi connectivity index (χ0n) is 14.3. The molecule has 2 N–H and O–H groups in total. The highest BCUT2D eigenvalue weighted by Crippen LogP contribution is 2.18. The standard InChI is InChI=1S/C15H24N4O2.CH2O2/c1-3-16-15(20)13-4-6-19(11-13)10-12-8-17-14(18-9-12)5-7-21-2;2-1-3/h8-9,13H,3-7,10-11H2,1-2H3,(H,16,20);1H,(H,2,3). The lowest BCUT2D eigenvalue weighted by molar-refractivity contribution is -0.124. The van der Waals surface area contributed by atoms with Crippen LogP contribution in [0, 0.1) is 5.92 Å². The van der Waals surface area contributed by atoms with Crippen molar-refractivity contribution in [3.05, 3.63) is 23.8 Å². The summed E-state index contributed by atoms with van der Waals surface area (Å²) in [5, 5.41) is 9.79. The summed E-state index contributed by atoms with van der Waals surface area (Å²) in [5.74, 6) is 1.10. The van der Waals surface area contributed by atoms with Gasteiger partial charge in [0.25, 0.3) is 6.47 Å². The van der Waals surface area contributed by atoms with Crippen molar-refractivity contribution < 1.29 is 19.4 Å². The molecule has 2 rings (SSSR count). The Morgan fingerprint density at radius 3 is 2.75 bits per heavy atom. The summed E-state index contributed by atoms with van der Waals surface area (Å²) >= 11 is 0. The second kappa shape index (κ2) is 11.5. The van der Waals surface area contributed by atoms with Gasteiger partial charge in [0.2, 0.25) is 5.91 Å². The van der Waals surface area contributed by atoms with E-state index in [0.29, 0.717) is 13.2 Å². The number of amides is 1. The molecule has 1 aliphatic heterocycles. The van der Waals surface area contributed by atoms with Crippen molar-refractivity contribution in [1.82, 2.24) is 20.2 Å². The van der Waals surface area contributed by atoms with Crippen LogP contribution < -0.4 is 5.32 Å². The van der Waals surface area contributed by atoms with Gasteiger partial charge in [-0.25, -0.2) is 9.97 Å². The number of hydrogen-bond acceptors (Lipinski definition) is 6. The van der Waals surface area contributed by atoms with E-state index >= 15 is 0 Å². The summed E-state index contributed by atoms with van der Waals surface area (Å²) in [6.45, 7) is 5.61. The first-order valence-electron chi connectivity index (χ1n) is 8.01. The predicted molar refractivity (Wildman–Crippen MR) is 88.4 cm³/mol. The van der Waals surface area contributed by atoms with Gasteiger partial charge < -0.3 is 15.2 Å². The SMILES string of the molecule is CCNC(=O)C1CCN(Cc2cnc(CCOC)nc2)C1.O=CO. The number of nitrogens with zero attached hydrogens (tertiary/aromatic N) is 3. The van der Waals surface area contributed by atoms with Crippen LogP contribution in [0.25, 0.3) is 0 Å². The number of methoxy groups -OCH3 is 1. The summed E-state index contributed by atoms with van der Waals surface area (Å²) in [7, 11) is 1.67. The third kappa shape index (κ3) is 7.01. The lowest BCUT2D eigenvalue weighted by atomic mass is 10.1. The van der Waals surface area contributed by atoms with E-state index in [1.807, 2.05) is 19.3 Å². The minimum absolute atomic E-state index is 0.117. The van der Waals surface area contributed by atoms with Crippen LogP contribution in [0.1, 0.15) is 24.7 Å². The van der Waals surface area contributed by atoms with E-state index in [0.717, 1.165) is 43.9 Å². The molecule has 1 amide bonds. The lowest BCUT2D eigenvalue weighted by Crippen LogP contribution is -2.32. The van der Waals surface area contributed by atoms with Crippen molar-refractivity contribution in [2.75, 3.05) is 33.4 Å².